The number of aryl methyl sites for hydroxylation is 1. The minimum atomic E-state index is -0.830. The monoisotopic (exact) mass is 193 g/mol. The summed E-state index contributed by atoms with van der Waals surface area (Å²) in [6.07, 6.45) is 2.35. The van der Waals surface area contributed by atoms with Crippen LogP contribution in [0.4, 0.5) is 8.78 Å². The van der Waals surface area contributed by atoms with Gasteiger partial charge >= 0.3 is 0 Å². The number of pyridine rings is 1. The van der Waals surface area contributed by atoms with Crippen LogP contribution >= 0.6 is 0 Å². The van der Waals surface area contributed by atoms with Gasteiger partial charge in [-0.05, 0) is 30.0 Å². The van der Waals surface area contributed by atoms with Gasteiger partial charge in [0.1, 0.15) is 0 Å². The Morgan fingerprint density at radius 2 is 1.71 bits per heavy atom. The second kappa shape index (κ2) is 3.33. The maximum absolute atomic E-state index is 12.9. The van der Waals surface area contributed by atoms with E-state index in [1.54, 1.807) is 12.3 Å². The fourth-order valence-electron chi connectivity index (χ4n) is 1.38. The van der Waals surface area contributed by atoms with Crippen molar-refractivity contribution in [3.63, 3.8) is 0 Å². The highest BCUT2D eigenvalue weighted by molar-refractivity contribution is 5.82. The van der Waals surface area contributed by atoms with Crippen LogP contribution in [0.2, 0.25) is 0 Å². The van der Waals surface area contributed by atoms with Gasteiger partial charge in [-0.2, -0.15) is 0 Å². The highest BCUT2D eigenvalue weighted by Crippen LogP contribution is 2.18. The Hall–Kier alpha value is -1.51. The average Bonchev–Trinajstić information content (AvgIpc) is 2.19. The molecular formula is C11H9F2N. The molecule has 72 valence electrons. The molecule has 0 aliphatic heterocycles. The molecule has 0 saturated heterocycles. The number of aromatic nitrogens is 1. The van der Waals surface area contributed by atoms with Crippen molar-refractivity contribution in [3.8, 4) is 0 Å². The van der Waals surface area contributed by atoms with Crippen LogP contribution in [0.1, 0.15) is 12.6 Å². The van der Waals surface area contributed by atoms with E-state index in [1.165, 1.54) is 6.07 Å². The Morgan fingerprint density at radius 3 is 2.36 bits per heavy atom. The van der Waals surface area contributed by atoms with E-state index in [1.807, 2.05) is 6.92 Å². The summed E-state index contributed by atoms with van der Waals surface area (Å²) in [4.78, 5) is 4.11. The summed E-state index contributed by atoms with van der Waals surface area (Å²) in [5, 5.41) is 1.32. The van der Waals surface area contributed by atoms with Crippen LogP contribution in [0.25, 0.3) is 10.8 Å². The van der Waals surface area contributed by atoms with E-state index in [0.29, 0.717) is 10.8 Å². The molecule has 0 atom stereocenters. The lowest BCUT2D eigenvalue weighted by Crippen LogP contribution is -1.89. The molecule has 0 saturated carbocycles. The number of nitrogens with zero attached hydrogens (tertiary/aromatic N) is 1. The third-order valence-corrected chi connectivity index (χ3v) is 2.18. The van der Waals surface area contributed by atoms with Gasteiger partial charge in [-0.1, -0.05) is 6.92 Å². The third kappa shape index (κ3) is 1.45. The lowest BCUT2D eigenvalue weighted by Gasteiger charge is -2.01. The Labute approximate surface area is 80.4 Å². The molecule has 0 amide bonds. The van der Waals surface area contributed by atoms with Crippen molar-refractivity contribution in [2.75, 3.05) is 0 Å². The Kier molecular flexibility index (Phi) is 2.15. The number of hydrogen-bond acceptors (Lipinski definition) is 1. The van der Waals surface area contributed by atoms with Crippen molar-refractivity contribution >= 4 is 10.8 Å². The number of halogens is 2. The van der Waals surface area contributed by atoms with Gasteiger partial charge < -0.3 is 0 Å². The number of benzene rings is 1. The molecule has 1 aromatic heterocycles. The van der Waals surface area contributed by atoms with Gasteiger partial charge in [0.05, 0.1) is 0 Å². The van der Waals surface area contributed by atoms with E-state index in [-0.39, 0.29) is 0 Å². The van der Waals surface area contributed by atoms with E-state index in [2.05, 4.69) is 4.98 Å². The summed E-state index contributed by atoms with van der Waals surface area (Å²) in [6, 6.07) is 4.14. The molecule has 0 fully saturated rings. The van der Waals surface area contributed by atoms with Crippen molar-refractivity contribution in [2.24, 2.45) is 0 Å². The minimum absolute atomic E-state index is 0.626. The maximum atomic E-state index is 12.9. The van der Waals surface area contributed by atoms with E-state index < -0.39 is 11.6 Å². The highest BCUT2D eigenvalue weighted by atomic mass is 19.2. The highest BCUT2D eigenvalue weighted by Gasteiger charge is 2.04. The summed E-state index contributed by atoms with van der Waals surface area (Å²) in [6.45, 7) is 1.97. The van der Waals surface area contributed by atoms with E-state index in [9.17, 15) is 8.78 Å². The van der Waals surface area contributed by atoms with Gasteiger partial charge in [-0.25, -0.2) is 8.78 Å². The summed E-state index contributed by atoms with van der Waals surface area (Å²) >= 11 is 0. The van der Waals surface area contributed by atoms with Crippen molar-refractivity contribution in [3.05, 3.63) is 41.7 Å². The van der Waals surface area contributed by atoms with Gasteiger partial charge in [0.15, 0.2) is 11.6 Å². The van der Waals surface area contributed by atoms with Crippen molar-refractivity contribution in [1.82, 2.24) is 4.98 Å². The standard InChI is InChI=1S/C11H9F2N/c1-2-9-3-7-4-10(12)11(13)5-8(7)6-14-9/h3-6H,2H2,1H3. The molecule has 2 aromatic rings. The second-order valence-electron chi connectivity index (χ2n) is 3.14. The topological polar surface area (TPSA) is 12.9 Å². The van der Waals surface area contributed by atoms with Crippen molar-refractivity contribution in [1.29, 1.82) is 0 Å². The fraction of sp³-hybridized carbons (Fsp3) is 0.182. The van der Waals surface area contributed by atoms with Crippen molar-refractivity contribution < 1.29 is 8.78 Å². The number of rotatable bonds is 1. The first kappa shape index (κ1) is 9.06. The first-order valence-corrected chi connectivity index (χ1v) is 4.44. The molecule has 0 bridgehead atoms. The van der Waals surface area contributed by atoms with Crippen LogP contribution in [-0.2, 0) is 6.42 Å². The van der Waals surface area contributed by atoms with Gasteiger partial charge in [-0.3, -0.25) is 4.98 Å². The van der Waals surface area contributed by atoms with Crippen LogP contribution in [0.3, 0.4) is 0 Å². The molecule has 14 heavy (non-hydrogen) atoms. The van der Waals surface area contributed by atoms with Gasteiger partial charge in [0, 0.05) is 17.3 Å². The van der Waals surface area contributed by atoms with Crippen LogP contribution in [0, 0.1) is 11.6 Å². The number of fused-ring (bicyclic) bond motifs is 1. The third-order valence-electron chi connectivity index (χ3n) is 2.18. The predicted molar refractivity (Wildman–Crippen MR) is 51.0 cm³/mol. The van der Waals surface area contributed by atoms with E-state index in [4.69, 9.17) is 0 Å². The largest absolute Gasteiger partial charge is 0.261 e. The lowest BCUT2D eigenvalue weighted by atomic mass is 10.1. The summed E-state index contributed by atoms with van der Waals surface area (Å²) in [7, 11) is 0. The van der Waals surface area contributed by atoms with Gasteiger partial charge in [0.25, 0.3) is 0 Å². The Bertz CT molecular complexity index is 480. The summed E-state index contributed by atoms with van der Waals surface area (Å²) < 4.78 is 25.7. The molecule has 0 N–H and O–H groups in total. The quantitative estimate of drug-likeness (QED) is 0.678. The second-order valence-corrected chi connectivity index (χ2v) is 3.14. The van der Waals surface area contributed by atoms with Crippen molar-refractivity contribution in [2.45, 2.75) is 13.3 Å². The zero-order valence-electron chi connectivity index (χ0n) is 7.72. The zero-order chi connectivity index (χ0) is 10.1. The van der Waals surface area contributed by atoms with Crippen LogP contribution in [0.15, 0.2) is 24.4 Å². The smallest absolute Gasteiger partial charge is 0.159 e. The van der Waals surface area contributed by atoms with Crippen LogP contribution < -0.4 is 0 Å². The number of hydrogen-bond donors (Lipinski definition) is 0. The van der Waals surface area contributed by atoms with Crippen LogP contribution in [0.5, 0.6) is 0 Å². The molecule has 0 radical (unpaired) electrons. The summed E-state index contributed by atoms with van der Waals surface area (Å²) in [5.74, 6) is -1.64. The van der Waals surface area contributed by atoms with E-state index >= 15 is 0 Å². The Morgan fingerprint density at radius 1 is 1.07 bits per heavy atom. The minimum Gasteiger partial charge on any atom is -0.261 e. The molecule has 1 nitrogen and oxygen atoms in total. The van der Waals surface area contributed by atoms with Gasteiger partial charge in [0.2, 0.25) is 0 Å². The normalized spacial score (nSPS) is 10.8. The molecule has 0 aliphatic carbocycles. The van der Waals surface area contributed by atoms with Crippen LogP contribution in [-0.4, -0.2) is 4.98 Å². The molecule has 1 aromatic carbocycles. The fourth-order valence-corrected chi connectivity index (χ4v) is 1.38. The molecule has 0 aliphatic rings. The molecule has 3 heteroatoms. The Balaban J connectivity index is 2.70. The zero-order valence-corrected chi connectivity index (χ0v) is 7.72. The molecular weight excluding hydrogens is 184 g/mol. The maximum Gasteiger partial charge on any atom is 0.159 e. The molecule has 1 heterocycles. The predicted octanol–water partition coefficient (Wildman–Crippen LogP) is 3.08. The average molecular weight is 193 g/mol. The lowest BCUT2D eigenvalue weighted by molar-refractivity contribution is 0.511. The van der Waals surface area contributed by atoms with Gasteiger partial charge in [-0.15, -0.1) is 0 Å². The molecule has 0 spiro atoms. The SMILES string of the molecule is CCc1cc2cc(F)c(F)cc2cn1. The summed E-state index contributed by atoms with van der Waals surface area (Å²) in [5.41, 5.74) is 0.878. The first-order valence-electron chi connectivity index (χ1n) is 4.44. The van der Waals surface area contributed by atoms with E-state index in [0.717, 1.165) is 18.2 Å². The molecule has 2 rings (SSSR count). The first-order chi connectivity index (χ1) is 6.70. The molecule has 0 unspecified atom stereocenters.